The summed E-state index contributed by atoms with van der Waals surface area (Å²) in [7, 11) is 0. The number of carbonyl (C=O) groups excluding carboxylic acids is 3. The van der Waals surface area contributed by atoms with Crippen LogP contribution in [0.15, 0.2) is 53.1 Å². The van der Waals surface area contributed by atoms with Crippen LogP contribution in [0.25, 0.3) is 0 Å². The monoisotopic (exact) mass is 437 g/mol. The van der Waals surface area contributed by atoms with Gasteiger partial charge < -0.3 is 19.0 Å². The molecule has 0 saturated carbocycles. The number of nitrogens with zero attached hydrogens (tertiary/aromatic N) is 3. The van der Waals surface area contributed by atoms with E-state index in [1.165, 1.54) is 6.26 Å². The molecule has 5 rings (SSSR count). The van der Waals surface area contributed by atoms with Crippen LogP contribution in [-0.4, -0.2) is 77.0 Å². The average Bonchev–Trinajstić information content (AvgIpc) is 3.61. The fraction of sp³-hybridized carbons (Fsp3) is 0.458. The fourth-order valence-corrected chi connectivity index (χ4v) is 5.04. The van der Waals surface area contributed by atoms with Crippen LogP contribution in [0.5, 0.6) is 0 Å². The van der Waals surface area contributed by atoms with Crippen LogP contribution in [0.2, 0.25) is 0 Å². The first-order valence-electron chi connectivity index (χ1n) is 11.2. The lowest BCUT2D eigenvalue weighted by molar-refractivity contribution is -0.136. The van der Waals surface area contributed by atoms with Crippen molar-refractivity contribution in [2.45, 2.75) is 37.5 Å². The van der Waals surface area contributed by atoms with Gasteiger partial charge in [0.15, 0.2) is 5.76 Å². The van der Waals surface area contributed by atoms with Crippen molar-refractivity contribution in [3.63, 3.8) is 0 Å². The lowest BCUT2D eigenvalue weighted by atomic mass is 9.96. The van der Waals surface area contributed by atoms with Crippen molar-refractivity contribution in [2.24, 2.45) is 0 Å². The molecule has 1 aromatic carbocycles. The highest BCUT2D eigenvalue weighted by molar-refractivity contribution is 5.98. The molecule has 168 valence electrons. The summed E-state index contributed by atoms with van der Waals surface area (Å²) in [4.78, 5) is 44.9. The van der Waals surface area contributed by atoms with Gasteiger partial charge in [-0.3, -0.25) is 19.3 Å². The maximum Gasteiger partial charge on any atom is 0.289 e. The molecule has 32 heavy (non-hydrogen) atoms. The van der Waals surface area contributed by atoms with Crippen molar-refractivity contribution < 1.29 is 23.5 Å². The Morgan fingerprint density at radius 3 is 2.22 bits per heavy atom. The topological polar surface area (TPSA) is 83.3 Å². The highest BCUT2D eigenvalue weighted by Crippen LogP contribution is 2.39. The predicted molar refractivity (Wildman–Crippen MR) is 115 cm³/mol. The highest BCUT2D eigenvalue weighted by Gasteiger charge is 2.55. The molecule has 0 bridgehead atoms. The van der Waals surface area contributed by atoms with Gasteiger partial charge in [0.2, 0.25) is 5.91 Å². The minimum Gasteiger partial charge on any atom is -0.459 e. The number of rotatable bonds is 3. The standard InChI is InChI=1S/C24H27N3O5/c28-21(18-7-2-1-3-8-18)27-19(22(29)25-12-4-5-13-25)17-32-24(27)10-14-26(15-11-24)23(30)20-9-6-16-31-20/h1-3,6-9,16,19H,4-5,10-15,17H2. The van der Waals surface area contributed by atoms with E-state index >= 15 is 0 Å². The molecule has 8 nitrogen and oxygen atoms in total. The van der Waals surface area contributed by atoms with Crippen LogP contribution < -0.4 is 0 Å². The second-order valence-corrected chi connectivity index (χ2v) is 8.62. The van der Waals surface area contributed by atoms with Gasteiger partial charge in [-0.15, -0.1) is 0 Å². The van der Waals surface area contributed by atoms with Gasteiger partial charge in [-0.1, -0.05) is 18.2 Å². The first-order chi connectivity index (χ1) is 15.6. The first-order valence-corrected chi connectivity index (χ1v) is 11.2. The third kappa shape index (κ3) is 3.58. The van der Waals surface area contributed by atoms with Crippen LogP contribution >= 0.6 is 0 Å². The Labute approximate surface area is 186 Å². The number of hydrogen-bond donors (Lipinski definition) is 0. The van der Waals surface area contributed by atoms with E-state index in [0.717, 1.165) is 25.9 Å². The largest absolute Gasteiger partial charge is 0.459 e. The minimum absolute atomic E-state index is 0.0438. The quantitative estimate of drug-likeness (QED) is 0.736. The summed E-state index contributed by atoms with van der Waals surface area (Å²) in [5.41, 5.74) is -0.363. The molecule has 1 aromatic heterocycles. The van der Waals surface area contributed by atoms with E-state index in [1.807, 2.05) is 23.1 Å². The maximum absolute atomic E-state index is 13.6. The van der Waals surface area contributed by atoms with Crippen LogP contribution in [0.3, 0.4) is 0 Å². The minimum atomic E-state index is -0.896. The zero-order chi connectivity index (χ0) is 22.1. The van der Waals surface area contributed by atoms with Crippen molar-refractivity contribution in [3.05, 3.63) is 60.1 Å². The van der Waals surface area contributed by atoms with E-state index in [0.29, 0.717) is 37.3 Å². The number of carbonyl (C=O) groups is 3. The normalized spacial score (nSPS) is 22.5. The molecular weight excluding hydrogens is 410 g/mol. The number of piperidine rings is 1. The summed E-state index contributed by atoms with van der Waals surface area (Å²) in [5, 5.41) is 0. The van der Waals surface area contributed by atoms with E-state index < -0.39 is 11.8 Å². The van der Waals surface area contributed by atoms with Crippen molar-refractivity contribution in [2.75, 3.05) is 32.8 Å². The predicted octanol–water partition coefficient (Wildman–Crippen LogP) is 2.38. The van der Waals surface area contributed by atoms with Crippen molar-refractivity contribution in [1.82, 2.24) is 14.7 Å². The molecule has 1 spiro atoms. The summed E-state index contributed by atoms with van der Waals surface area (Å²) >= 11 is 0. The Bertz CT molecular complexity index is 976. The van der Waals surface area contributed by atoms with Crippen LogP contribution in [0.4, 0.5) is 0 Å². The van der Waals surface area contributed by atoms with Gasteiger partial charge in [0, 0.05) is 44.6 Å². The number of furan rings is 1. The zero-order valence-corrected chi connectivity index (χ0v) is 17.9. The molecule has 3 aliphatic heterocycles. The van der Waals surface area contributed by atoms with Gasteiger partial charge in [0.25, 0.3) is 11.8 Å². The summed E-state index contributed by atoms with van der Waals surface area (Å²) in [6, 6.07) is 11.7. The maximum atomic E-state index is 13.6. The highest BCUT2D eigenvalue weighted by atomic mass is 16.5. The SMILES string of the molecule is O=C(c1ccco1)N1CCC2(CC1)OCC(C(=O)N1CCCC1)N2C(=O)c1ccccc1. The summed E-state index contributed by atoms with van der Waals surface area (Å²) in [6.07, 6.45) is 4.35. The number of hydrogen-bond acceptors (Lipinski definition) is 5. The third-order valence-corrected chi connectivity index (χ3v) is 6.77. The Balaban J connectivity index is 1.40. The lowest BCUT2D eigenvalue weighted by Gasteiger charge is -2.44. The summed E-state index contributed by atoms with van der Waals surface area (Å²) in [6.45, 7) is 2.47. The van der Waals surface area contributed by atoms with Gasteiger partial charge >= 0.3 is 0 Å². The molecule has 3 fully saturated rings. The van der Waals surface area contributed by atoms with E-state index in [9.17, 15) is 14.4 Å². The zero-order valence-electron chi connectivity index (χ0n) is 17.9. The molecule has 1 unspecified atom stereocenters. The lowest BCUT2D eigenvalue weighted by Crippen LogP contribution is -2.60. The van der Waals surface area contributed by atoms with Crippen LogP contribution in [0, 0.1) is 0 Å². The van der Waals surface area contributed by atoms with Gasteiger partial charge in [0.1, 0.15) is 11.8 Å². The Kier molecular flexibility index (Phi) is 5.46. The first kappa shape index (κ1) is 20.8. The molecule has 3 amide bonds. The molecular formula is C24H27N3O5. The van der Waals surface area contributed by atoms with E-state index in [2.05, 4.69) is 0 Å². The average molecular weight is 437 g/mol. The van der Waals surface area contributed by atoms with Crippen LogP contribution in [0.1, 0.15) is 46.6 Å². The van der Waals surface area contributed by atoms with Gasteiger partial charge in [-0.25, -0.2) is 0 Å². The van der Waals surface area contributed by atoms with Crippen molar-refractivity contribution >= 4 is 17.7 Å². The van der Waals surface area contributed by atoms with E-state index in [4.69, 9.17) is 9.15 Å². The molecule has 1 atom stereocenters. The number of ether oxygens (including phenoxy) is 1. The number of likely N-dealkylation sites (tertiary alicyclic amines) is 2. The molecule has 8 heteroatoms. The molecule has 2 aromatic rings. The van der Waals surface area contributed by atoms with E-state index in [1.54, 1.807) is 34.1 Å². The molecule has 0 radical (unpaired) electrons. The van der Waals surface area contributed by atoms with Gasteiger partial charge in [-0.05, 0) is 37.1 Å². The Hall–Kier alpha value is -3.13. The Morgan fingerprint density at radius 2 is 1.56 bits per heavy atom. The number of benzene rings is 1. The Morgan fingerprint density at radius 1 is 0.844 bits per heavy atom. The van der Waals surface area contributed by atoms with Crippen molar-refractivity contribution in [1.29, 1.82) is 0 Å². The fourth-order valence-electron chi connectivity index (χ4n) is 5.04. The van der Waals surface area contributed by atoms with E-state index in [-0.39, 0.29) is 24.3 Å². The molecule has 3 aliphatic rings. The molecule has 4 heterocycles. The smallest absolute Gasteiger partial charge is 0.289 e. The summed E-state index contributed by atoms with van der Waals surface area (Å²) < 4.78 is 11.5. The molecule has 0 aliphatic carbocycles. The second kappa shape index (κ2) is 8.43. The second-order valence-electron chi connectivity index (χ2n) is 8.62. The van der Waals surface area contributed by atoms with Gasteiger partial charge in [0.05, 0.1) is 12.9 Å². The van der Waals surface area contributed by atoms with Crippen LogP contribution in [-0.2, 0) is 9.53 Å². The molecule has 3 saturated heterocycles. The molecule has 0 N–H and O–H groups in total. The third-order valence-electron chi connectivity index (χ3n) is 6.77. The number of amides is 3. The van der Waals surface area contributed by atoms with Crippen molar-refractivity contribution in [3.8, 4) is 0 Å². The summed E-state index contributed by atoms with van der Waals surface area (Å²) in [5.74, 6) is -0.120. The van der Waals surface area contributed by atoms with Gasteiger partial charge in [-0.2, -0.15) is 0 Å².